The summed E-state index contributed by atoms with van der Waals surface area (Å²) in [6.45, 7) is 19.6. The summed E-state index contributed by atoms with van der Waals surface area (Å²) < 4.78 is 84.2. The number of cyclic esters (lactones) is 1. The molecule has 4 amide bonds. The summed E-state index contributed by atoms with van der Waals surface area (Å²) in [6, 6.07) is 11.2. The zero-order valence-corrected chi connectivity index (χ0v) is 80.5. The highest BCUT2D eigenvalue weighted by molar-refractivity contribution is 6.39. The predicted molar refractivity (Wildman–Crippen MR) is 504 cm³/mol. The number of ketones is 3. The van der Waals surface area contributed by atoms with Gasteiger partial charge >= 0.3 is 5.97 Å². The molecule has 4 aliphatic rings. The molecule has 1 aliphatic carbocycles. The first-order valence-electron chi connectivity index (χ1n) is 47.8. The van der Waals surface area contributed by atoms with Crippen molar-refractivity contribution >= 4 is 80.9 Å². The largest absolute Gasteiger partial charge is 0.460 e. The zero-order valence-electron chi connectivity index (χ0n) is 80.5. The number of aryl methyl sites for hydroxylation is 1. The second-order valence-electron chi connectivity index (χ2n) is 35.6. The van der Waals surface area contributed by atoms with Gasteiger partial charge in [-0.3, -0.25) is 33.6 Å². The van der Waals surface area contributed by atoms with Gasteiger partial charge in [-0.2, -0.15) is 10.1 Å². The third kappa shape index (κ3) is 32.5. The molecular weight excluding hydrogens is 1760 g/mol. The number of nitrogens with two attached hydrogens (primary N) is 2. The number of nitrogens with zero attached hydrogens (tertiary/aromatic N) is 9. The number of carbonyl (C=O) groups excluding carboxylic acids is 8. The molecule has 4 aromatic heterocycles. The molecule has 7 heterocycles. The Hall–Kier alpha value is -10.0. The third-order valence-corrected chi connectivity index (χ3v) is 25.4. The summed E-state index contributed by atoms with van der Waals surface area (Å²) in [6.07, 6.45) is 16.3. The molecule has 0 radical (unpaired) electrons. The molecule has 38 nitrogen and oxygen atoms in total. The average molecular weight is 1900 g/mol. The number of allylic oxidation sites excluding steroid dienone is 6. The van der Waals surface area contributed by atoms with E-state index >= 15 is 0 Å². The van der Waals surface area contributed by atoms with Crippen molar-refractivity contribution in [1.82, 2.24) is 60.6 Å². The fourth-order valence-electron chi connectivity index (χ4n) is 17.5. The van der Waals surface area contributed by atoms with Gasteiger partial charge in [-0.15, -0.1) is 5.10 Å². The number of hydrogen-bond donors (Lipinski definition) is 7. The van der Waals surface area contributed by atoms with Crippen LogP contribution in [0.25, 0.3) is 44.6 Å². The molecule has 2 aromatic carbocycles. The number of anilines is 2. The first kappa shape index (κ1) is 108. The van der Waals surface area contributed by atoms with Gasteiger partial charge in [0.05, 0.1) is 142 Å². The average Bonchev–Trinajstić information content (AvgIpc) is 1.60. The van der Waals surface area contributed by atoms with E-state index in [2.05, 4.69) is 41.2 Å². The quantitative estimate of drug-likeness (QED) is 0.00812. The topological polar surface area (TPSA) is 489 Å². The van der Waals surface area contributed by atoms with Crippen LogP contribution < -0.4 is 27.4 Å². The van der Waals surface area contributed by atoms with Gasteiger partial charge in [0.2, 0.25) is 17.6 Å². The van der Waals surface area contributed by atoms with Crippen molar-refractivity contribution in [3.63, 3.8) is 0 Å². The second kappa shape index (κ2) is 56.1. The van der Waals surface area contributed by atoms with Crippen LogP contribution >= 0.6 is 0 Å². The first-order valence-corrected chi connectivity index (χ1v) is 47.8. The van der Waals surface area contributed by atoms with Gasteiger partial charge in [-0.05, 0) is 150 Å². The van der Waals surface area contributed by atoms with Crippen molar-refractivity contribution in [2.75, 3.05) is 165 Å². The Bertz CT molecular complexity index is 4940. The van der Waals surface area contributed by atoms with Crippen molar-refractivity contribution in [2.45, 2.75) is 212 Å². The highest BCUT2D eigenvalue weighted by atomic mass is 16.6. The van der Waals surface area contributed by atoms with E-state index in [4.69, 9.17) is 82.6 Å². The number of fused-ring (bicyclic) bond motifs is 5. The number of carbonyl (C=O) groups is 8. The highest BCUT2D eigenvalue weighted by Crippen LogP contribution is 2.41. The number of nitrogen functional groups attached to an aromatic ring is 2. The molecule has 2 saturated heterocycles. The van der Waals surface area contributed by atoms with E-state index in [1.807, 2.05) is 82.5 Å². The lowest BCUT2D eigenvalue weighted by molar-refractivity contribution is -0.265. The molecule has 136 heavy (non-hydrogen) atoms. The van der Waals surface area contributed by atoms with E-state index in [-0.39, 0.29) is 124 Å². The molecule has 15 atom stereocenters. The summed E-state index contributed by atoms with van der Waals surface area (Å²) >= 11 is 0. The summed E-state index contributed by atoms with van der Waals surface area (Å²) in [4.78, 5) is 125. The van der Waals surface area contributed by atoms with Crippen LogP contribution in [0.3, 0.4) is 0 Å². The van der Waals surface area contributed by atoms with Gasteiger partial charge in [0.1, 0.15) is 59.2 Å². The SMILES string of the molecule is CO[C@H]1C[C@@H]2CC[C@@H](C)[C@@](O)(O2)C(=O)C(=O)N2CCCC[C@H]2C(=O)O[C@H]([C@H](C)C[C@@H]2CC[C@H](n3cc(-c4cccc(C(=O)NCCOCCOCCOCCOCCC(=O)NCCOCCOCCOCCOCCC(=O)NCCCCn5nc(-c6ccc7oc(N)nc7c6)c6c(N)ncnc65)c4)nn3)[C@H](OC)C2)CC(=O)[C@H](C)/C=C(\C)[C@@H](O)[C@@H](OC)C(=O)[C@H](C)C[C@H](C)/C=C/C=C/C=C/1C. The van der Waals surface area contributed by atoms with Crippen molar-refractivity contribution < 1.29 is 115 Å². The van der Waals surface area contributed by atoms with Crippen LogP contribution in [0.15, 0.2) is 107 Å². The normalized spacial score (nSPS) is 25.4. The number of ether oxygens (including phenoxy) is 13. The smallest absolute Gasteiger partial charge is 0.329 e. The van der Waals surface area contributed by atoms with Crippen LogP contribution in [0.4, 0.5) is 11.8 Å². The molecule has 6 aromatic rings. The van der Waals surface area contributed by atoms with Gasteiger partial charge in [0.25, 0.3) is 23.6 Å². The Kier molecular flexibility index (Phi) is 44.6. The van der Waals surface area contributed by atoms with Crippen LogP contribution in [-0.4, -0.2) is 303 Å². The standard InChI is InChI=1S/C98H142N14O24/c1-63-19-12-11-13-20-64(2)81(123-8)59-74-27-24-69(7)98(122,136-74)91(118)95(120)110-35-16-14-23-78(110)96(121)134-82(60-79(113)65(3)54-68(6)89(117)90(125-10)88(116)67(5)53-63)66(4)55-70-25-28-77(83(56-70)124-9)112-61-76(107-109-112)71-21-18-22-73(57-71)94(119)103-34-40-129-44-48-133-52-50-131-46-42-127-38-31-85(115)102-33-39-128-43-47-132-51-49-130-45-41-126-37-30-84(114)101-32-15-17-36-111-93-86(92(99)104-62-105-93)87(108-111)72-26-29-80-75(58-72)106-97(100)135-80/h11-13,18-22,26,29,54,57-58,61-63,65-67,69-70,74,77-78,81-83,89-90,117,122H,14-17,23-25,27-28,30-53,55-56,59-60H2,1-10H3,(H2,100,106)(H,101,114)(H,102,115)(H,103,119)(H2,99,104,105)/b13-11+,19-12+,64-20+,68-54+/t63-,65-,66-,67-,69-,70+,74+,77+,78+,81+,82+,83-,89-,90+,98-/m1/s1. The molecule has 1 saturated carbocycles. The summed E-state index contributed by atoms with van der Waals surface area (Å²) in [7, 11) is 4.59. The van der Waals surface area contributed by atoms with Crippen LogP contribution in [0.5, 0.6) is 0 Å². The number of aliphatic hydroxyl groups is 2. The third-order valence-electron chi connectivity index (χ3n) is 25.4. The van der Waals surface area contributed by atoms with E-state index in [0.717, 1.165) is 24.0 Å². The fraction of sp³-hybridized carbons (Fsp3) is 0.633. The number of aromatic nitrogens is 8. The number of amides is 4. The molecule has 0 unspecified atom stereocenters. The molecular formula is C98H142N14O24. The highest BCUT2D eigenvalue weighted by Gasteiger charge is 2.53. The Balaban J connectivity index is 0.558. The number of unbranched alkanes of at least 4 members (excludes halogenated alkanes) is 1. The minimum absolute atomic E-state index is 0.0213. The van der Waals surface area contributed by atoms with Crippen LogP contribution in [0.2, 0.25) is 0 Å². The second-order valence-corrected chi connectivity index (χ2v) is 35.6. The van der Waals surface area contributed by atoms with Gasteiger partial charge in [-0.1, -0.05) is 88.4 Å². The van der Waals surface area contributed by atoms with E-state index < -0.39 is 83.7 Å². The minimum Gasteiger partial charge on any atom is -0.460 e. The summed E-state index contributed by atoms with van der Waals surface area (Å²) in [5.74, 6) is -8.80. The Morgan fingerprint density at radius 3 is 2.01 bits per heavy atom. The van der Waals surface area contributed by atoms with E-state index in [9.17, 15) is 48.6 Å². The van der Waals surface area contributed by atoms with Crippen molar-refractivity contribution in [1.29, 1.82) is 0 Å². The Labute approximate surface area is 795 Å². The lowest BCUT2D eigenvalue weighted by Gasteiger charge is -2.42. The van der Waals surface area contributed by atoms with Crippen LogP contribution in [0.1, 0.15) is 168 Å². The summed E-state index contributed by atoms with van der Waals surface area (Å²) in [5, 5.41) is 47.1. The van der Waals surface area contributed by atoms with E-state index in [1.54, 1.807) is 74.7 Å². The number of esters is 1. The van der Waals surface area contributed by atoms with Gasteiger partial charge in [-0.25, -0.2) is 24.1 Å². The van der Waals surface area contributed by atoms with Crippen molar-refractivity contribution in [3.8, 4) is 22.5 Å². The lowest BCUT2D eigenvalue weighted by Crippen LogP contribution is -2.61. The van der Waals surface area contributed by atoms with Crippen LogP contribution in [-0.2, 0) is 102 Å². The number of aliphatic hydroxyl groups excluding tert-OH is 1. The molecule has 2 bridgehead atoms. The number of Topliss-reactive ketones (excluding diaryl/α,β-unsaturated/α-hetero) is 3. The van der Waals surface area contributed by atoms with Gasteiger partial charge in [0, 0.05) is 114 Å². The van der Waals surface area contributed by atoms with Crippen LogP contribution in [0, 0.1) is 35.5 Å². The van der Waals surface area contributed by atoms with Gasteiger partial charge in [0.15, 0.2) is 17.0 Å². The number of nitrogens with one attached hydrogen (secondary N) is 3. The number of piperidine rings is 1. The molecule has 0 spiro atoms. The number of oxazole rings is 1. The first-order chi connectivity index (χ1) is 65.7. The minimum atomic E-state index is -2.49. The Morgan fingerprint density at radius 2 is 1.35 bits per heavy atom. The molecule has 38 heteroatoms. The lowest BCUT2D eigenvalue weighted by atomic mass is 9.77. The number of benzene rings is 2. The molecule has 3 aliphatic heterocycles. The van der Waals surface area contributed by atoms with Crippen molar-refractivity contribution in [3.05, 3.63) is 108 Å². The maximum atomic E-state index is 14.9. The number of rotatable bonds is 45. The Morgan fingerprint density at radius 1 is 0.684 bits per heavy atom. The van der Waals surface area contributed by atoms with Crippen molar-refractivity contribution in [2.24, 2.45) is 35.5 Å². The van der Waals surface area contributed by atoms with E-state index in [0.29, 0.717) is 219 Å². The number of methoxy groups -OCH3 is 3. The predicted octanol–water partition coefficient (Wildman–Crippen LogP) is 8.79. The van der Waals surface area contributed by atoms with E-state index in [1.165, 1.54) is 18.3 Å². The number of hydrogen-bond acceptors (Lipinski definition) is 32. The maximum absolute atomic E-state index is 14.9. The van der Waals surface area contributed by atoms with Gasteiger partial charge < -0.3 is 109 Å². The maximum Gasteiger partial charge on any atom is 0.329 e. The molecule has 10 rings (SSSR count). The monoisotopic (exact) mass is 1900 g/mol. The fourth-order valence-corrected chi connectivity index (χ4v) is 17.5. The molecule has 748 valence electrons. The summed E-state index contributed by atoms with van der Waals surface area (Å²) in [5.41, 5.74) is 18.1. The zero-order chi connectivity index (χ0) is 97.5. The molecule has 3 fully saturated rings. The molecule has 9 N–H and O–H groups in total.